The van der Waals surface area contributed by atoms with Crippen LogP contribution in [0, 0.1) is 6.92 Å². The molecule has 0 saturated carbocycles. The second-order valence-electron chi connectivity index (χ2n) is 2.59. The Morgan fingerprint density at radius 3 is 2.19 bits per heavy atom. The predicted octanol–water partition coefficient (Wildman–Crippen LogP) is 1.07. The van der Waals surface area contributed by atoms with Crippen molar-refractivity contribution >= 4 is 54.2 Å². The van der Waals surface area contributed by atoms with Gasteiger partial charge in [0.15, 0.2) is 5.95 Å². The number of rotatable bonds is 0. The maximum absolute atomic E-state index is 5.49. The van der Waals surface area contributed by atoms with Gasteiger partial charge in [-0.05, 0) is 18.6 Å². The monoisotopic (exact) mass is 291 g/mol. The van der Waals surface area contributed by atoms with Gasteiger partial charge in [-0.15, -0.1) is 37.2 Å². The number of nitrogen functional groups attached to an aromatic ring is 1. The van der Waals surface area contributed by atoms with Crippen molar-refractivity contribution in [2.24, 2.45) is 0 Å². The lowest BCUT2D eigenvalue weighted by Gasteiger charge is -1.90. The average molecular weight is 293 g/mol. The summed E-state index contributed by atoms with van der Waals surface area (Å²) in [5.74, 6) is 0.481. The van der Waals surface area contributed by atoms with E-state index >= 15 is 0 Å². The normalized spacial score (nSPS) is 7.31. The van der Waals surface area contributed by atoms with Gasteiger partial charge in [0.05, 0.1) is 11.0 Å². The predicted molar refractivity (Wildman–Crippen MR) is 74.2 cm³/mol. The molecule has 5 nitrogen and oxygen atoms in total. The Labute approximate surface area is 112 Å². The highest BCUT2D eigenvalue weighted by Gasteiger charge is 1.99. The van der Waals surface area contributed by atoms with E-state index in [1.54, 1.807) is 0 Å². The van der Waals surface area contributed by atoms with Crippen molar-refractivity contribution in [3.8, 4) is 0 Å². The number of imidazole rings is 1. The van der Waals surface area contributed by atoms with Crippen LogP contribution in [0.1, 0.15) is 5.56 Å². The number of hydrogen-bond acceptors (Lipinski definition) is 2. The lowest BCUT2D eigenvalue weighted by Crippen LogP contribution is -1.84. The number of halogens is 3. The number of nitrogens with zero attached hydrogens (tertiary/aromatic N) is 1. The third kappa shape index (κ3) is 4.42. The summed E-state index contributed by atoms with van der Waals surface area (Å²) in [5, 5.41) is 0. The Kier molecular flexibility index (Phi) is 14.5. The van der Waals surface area contributed by atoms with Crippen molar-refractivity contribution in [1.29, 1.82) is 0 Å². The molecule has 1 aromatic heterocycles. The zero-order valence-electron chi connectivity index (χ0n) is 8.48. The second kappa shape index (κ2) is 9.50. The highest BCUT2D eigenvalue weighted by Crippen LogP contribution is 2.15. The fraction of sp³-hybridized carbons (Fsp3) is 0.125. The van der Waals surface area contributed by atoms with Crippen molar-refractivity contribution in [2.45, 2.75) is 6.92 Å². The number of nitrogens with two attached hydrogens (primary N) is 1. The quantitative estimate of drug-likeness (QED) is 0.755. The number of aromatic amines is 1. The van der Waals surface area contributed by atoms with Crippen molar-refractivity contribution < 1.29 is 11.0 Å². The Morgan fingerprint density at radius 1 is 1.12 bits per heavy atom. The molecule has 0 aliphatic heterocycles. The highest BCUT2D eigenvalue weighted by atomic mass is 35.5. The molecule has 7 N–H and O–H groups in total. The van der Waals surface area contributed by atoms with Gasteiger partial charge in [0, 0.05) is 0 Å². The number of hydrogen-bond donors (Lipinski definition) is 2. The van der Waals surface area contributed by atoms with Crippen LogP contribution < -0.4 is 5.73 Å². The number of para-hydroxylation sites is 1. The smallest absolute Gasteiger partial charge is 0.198 e. The molecule has 0 unspecified atom stereocenters. The molecule has 16 heavy (non-hydrogen) atoms. The largest absolute Gasteiger partial charge is 0.412 e. The molecule has 0 atom stereocenters. The van der Waals surface area contributed by atoms with Gasteiger partial charge in [-0.25, -0.2) is 4.98 Å². The molecule has 0 fully saturated rings. The van der Waals surface area contributed by atoms with Crippen LogP contribution in [0.25, 0.3) is 11.0 Å². The summed E-state index contributed by atoms with van der Waals surface area (Å²) >= 11 is 0. The van der Waals surface area contributed by atoms with E-state index in [-0.39, 0.29) is 48.2 Å². The zero-order chi connectivity index (χ0) is 7.84. The molecule has 2 rings (SSSR count). The molecule has 0 bridgehead atoms. The fourth-order valence-corrected chi connectivity index (χ4v) is 1.19. The van der Waals surface area contributed by atoms with Gasteiger partial charge >= 0.3 is 0 Å². The van der Waals surface area contributed by atoms with E-state index < -0.39 is 0 Å². The fourth-order valence-electron chi connectivity index (χ4n) is 1.19. The number of nitrogens with one attached hydrogen (secondary N) is 1. The second-order valence-corrected chi connectivity index (χ2v) is 2.59. The maximum Gasteiger partial charge on any atom is 0.198 e. The summed E-state index contributed by atoms with van der Waals surface area (Å²) in [6.45, 7) is 2.02. The first-order valence-corrected chi connectivity index (χ1v) is 3.48. The highest BCUT2D eigenvalue weighted by molar-refractivity contribution is 5.86. The van der Waals surface area contributed by atoms with Gasteiger partial charge < -0.3 is 21.7 Å². The lowest BCUT2D eigenvalue weighted by atomic mass is 10.2. The maximum atomic E-state index is 5.49. The minimum absolute atomic E-state index is 0. The molecule has 0 amide bonds. The van der Waals surface area contributed by atoms with Gasteiger partial charge in [-0.3, -0.25) is 0 Å². The van der Waals surface area contributed by atoms with E-state index in [0.29, 0.717) is 5.95 Å². The summed E-state index contributed by atoms with van der Waals surface area (Å²) < 4.78 is 0. The SMILES string of the molecule is Cc1cccc2[nH]c(N)nc12.Cl.Cl.Cl.O.O. The van der Waals surface area contributed by atoms with Crippen LogP contribution in [0.2, 0.25) is 0 Å². The first-order chi connectivity index (χ1) is 5.27. The van der Waals surface area contributed by atoms with Crippen LogP contribution in [-0.4, -0.2) is 20.9 Å². The Morgan fingerprint density at radius 2 is 1.69 bits per heavy atom. The van der Waals surface area contributed by atoms with Crippen LogP contribution in [-0.2, 0) is 0 Å². The van der Waals surface area contributed by atoms with Crippen molar-refractivity contribution in [3.63, 3.8) is 0 Å². The first-order valence-electron chi connectivity index (χ1n) is 3.48. The van der Waals surface area contributed by atoms with Gasteiger partial charge in [0.1, 0.15) is 0 Å². The topological polar surface area (TPSA) is 118 Å². The van der Waals surface area contributed by atoms with Crippen LogP contribution in [0.4, 0.5) is 5.95 Å². The van der Waals surface area contributed by atoms with Gasteiger partial charge in [0.2, 0.25) is 0 Å². The molecule has 0 spiro atoms. The Bertz CT molecular complexity index is 408. The molecule has 0 radical (unpaired) electrons. The molecule has 2 aromatic rings. The molecule has 1 heterocycles. The summed E-state index contributed by atoms with van der Waals surface area (Å²) in [5.41, 5.74) is 8.61. The van der Waals surface area contributed by atoms with Crippen LogP contribution in [0.3, 0.4) is 0 Å². The van der Waals surface area contributed by atoms with E-state index in [1.165, 1.54) is 0 Å². The van der Waals surface area contributed by atoms with E-state index in [1.807, 2.05) is 25.1 Å². The standard InChI is InChI=1S/C8H9N3.3ClH.2H2O/c1-5-3-2-4-6-7(5)11-8(9)10-6;;;;;/h2-4H,1H3,(H3,9,10,11);3*1H;2*1H2. The molecular formula is C8H16Cl3N3O2. The van der Waals surface area contributed by atoms with E-state index in [2.05, 4.69) is 9.97 Å². The summed E-state index contributed by atoms with van der Waals surface area (Å²) in [4.78, 5) is 7.10. The van der Waals surface area contributed by atoms with E-state index in [4.69, 9.17) is 5.73 Å². The third-order valence-electron chi connectivity index (χ3n) is 1.73. The zero-order valence-corrected chi connectivity index (χ0v) is 10.9. The minimum atomic E-state index is 0. The molecular weight excluding hydrogens is 276 g/mol. The molecule has 0 aliphatic rings. The number of anilines is 1. The van der Waals surface area contributed by atoms with Crippen LogP contribution >= 0.6 is 37.2 Å². The minimum Gasteiger partial charge on any atom is -0.412 e. The number of fused-ring (bicyclic) bond motifs is 1. The van der Waals surface area contributed by atoms with Gasteiger partial charge in [-0.1, -0.05) is 12.1 Å². The number of H-pyrrole nitrogens is 1. The van der Waals surface area contributed by atoms with Gasteiger partial charge in [-0.2, -0.15) is 0 Å². The number of aryl methyl sites for hydroxylation is 1. The average Bonchev–Trinajstić information content (AvgIpc) is 2.31. The summed E-state index contributed by atoms with van der Waals surface area (Å²) in [7, 11) is 0. The Balaban J connectivity index is -0.000000144. The van der Waals surface area contributed by atoms with Crippen LogP contribution in [0.15, 0.2) is 18.2 Å². The Hall–Kier alpha value is -0.720. The van der Waals surface area contributed by atoms with Crippen LogP contribution in [0.5, 0.6) is 0 Å². The number of aromatic nitrogens is 2. The first kappa shape index (κ1) is 24.5. The lowest BCUT2D eigenvalue weighted by molar-refractivity contribution is 0.823. The molecule has 8 heteroatoms. The van der Waals surface area contributed by atoms with Crippen molar-refractivity contribution in [2.75, 3.05) is 5.73 Å². The molecule has 0 aliphatic carbocycles. The molecule has 0 saturated heterocycles. The van der Waals surface area contributed by atoms with Gasteiger partial charge in [0.25, 0.3) is 0 Å². The van der Waals surface area contributed by atoms with Crippen molar-refractivity contribution in [1.82, 2.24) is 9.97 Å². The third-order valence-corrected chi connectivity index (χ3v) is 1.73. The molecule has 1 aromatic carbocycles. The number of benzene rings is 1. The molecule has 96 valence electrons. The van der Waals surface area contributed by atoms with Crippen molar-refractivity contribution in [3.05, 3.63) is 23.8 Å². The van der Waals surface area contributed by atoms with E-state index in [0.717, 1.165) is 16.6 Å². The summed E-state index contributed by atoms with van der Waals surface area (Å²) in [6, 6.07) is 5.96. The summed E-state index contributed by atoms with van der Waals surface area (Å²) in [6.07, 6.45) is 0. The van der Waals surface area contributed by atoms with E-state index in [9.17, 15) is 0 Å².